The molecule has 17 rings (SSSR count). The first-order chi connectivity index (χ1) is 40.6. The average Bonchev–Trinajstić information content (AvgIpc) is 2.25. The van der Waals surface area contributed by atoms with Crippen LogP contribution in [0.1, 0.15) is 0 Å². The van der Waals surface area contributed by atoms with Gasteiger partial charge in [-0.3, -0.25) is 0 Å². The van der Waals surface area contributed by atoms with Gasteiger partial charge in [0.05, 0.1) is 0 Å². The zero-order valence-corrected chi connectivity index (χ0v) is 44.5. The summed E-state index contributed by atoms with van der Waals surface area (Å²) in [4.78, 5) is 0. The van der Waals surface area contributed by atoms with Crippen molar-refractivity contribution in [3.8, 4) is 77.9 Å². The molecule has 17 aromatic rings. The third kappa shape index (κ3) is 7.28. The second kappa shape index (κ2) is 18.4. The second-order valence-corrected chi connectivity index (χ2v) is 21.8. The molecule has 0 aliphatic rings. The summed E-state index contributed by atoms with van der Waals surface area (Å²) in [6.45, 7) is 0. The van der Waals surface area contributed by atoms with Gasteiger partial charge in [-0.2, -0.15) is 0 Å². The lowest BCUT2D eigenvalue weighted by atomic mass is 9.83. The lowest BCUT2D eigenvalue weighted by molar-refractivity contribution is 0.668. The van der Waals surface area contributed by atoms with Crippen LogP contribution < -0.4 is 0 Å². The summed E-state index contributed by atoms with van der Waals surface area (Å²) in [5, 5.41) is 16.5. The number of rotatable bonds is 7. The number of hydrogen-bond donors (Lipinski definition) is 0. The van der Waals surface area contributed by atoms with Crippen molar-refractivity contribution in [2.75, 3.05) is 0 Å². The third-order valence-corrected chi connectivity index (χ3v) is 17.2. The van der Waals surface area contributed by atoms with E-state index in [1.807, 2.05) is 12.1 Å². The van der Waals surface area contributed by atoms with E-state index in [-0.39, 0.29) is 0 Å². The predicted molar refractivity (Wildman–Crippen MR) is 347 cm³/mol. The summed E-state index contributed by atoms with van der Waals surface area (Å²) in [5.74, 6) is 0. The fourth-order valence-electron chi connectivity index (χ4n) is 13.5. The van der Waals surface area contributed by atoms with Crippen LogP contribution in [-0.4, -0.2) is 0 Å². The molecule has 0 aliphatic heterocycles. The molecule has 0 radical (unpaired) electrons. The summed E-state index contributed by atoms with van der Waals surface area (Å²) in [5.41, 5.74) is 20.0. The van der Waals surface area contributed by atoms with Gasteiger partial charge >= 0.3 is 0 Å². The van der Waals surface area contributed by atoms with Gasteiger partial charge in [-0.1, -0.05) is 237 Å². The van der Waals surface area contributed by atoms with Crippen molar-refractivity contribution in [1.29, 1.82) is 0 Å². The first kappa shape index (κ1) is 46.1. The van der Waals surface area contributed by atoms with Gasteiger partial charge in [0.15, 0.2) is 0 Å². The van der Waals surface area contributed by atoms with E-state index in [0.717, 1.165) is 66.1 Å². The van der Waals surface area contributed by atoms with Crippen LogP contribution in [0.2, 0.25) is 0 Å². The molecule has 82 heavy (non-hydrogen) atoms. The molecule has 0 bridgehead atoms. The van der Waals surface area contributed by atoms with Crippen molar-refractivity contribution < 1.29 is 8.83 Å². The van der Waals surface area contributed by atoms with Gasteiger partial charge in [0.25, 0.3) is 0 Å². The topological polar surface area (TPSA) is 26.3 Å². The van der Waals surface area contributed by atoms with E-state index in [0.29, 0.717) is 0 Å². The first-order valence-electron chi connectivity index (χ1n) is 28.2. The minimum atomic E-state index is 0.881. The number of furan rings is 2. The van der Waals surface area contributed by atoms with Crippen molar-refractivity contribution in [2.45, 2.75) is 0 Å². The molecule has 2 heteroatoms. The number of fused-ring (bicyclic) bond motifs is 11. The minimum absolute atomic E-state index is 0.881. The molecule has 0 aliphatic carbocycles. The van der Waals surface area contributed by atoms with Crippen LogP contribution in [0.4, 0.5) is 0 Å². The van der Waals surface area contributed by atoms with E-state index in [9.17, 15) is 0 Å². The smallest absolute Gasteiger partial charge is 0.136 e. The van der Waals surface area contributed by atoms with E-state index in [4.69, 9.17) is 8.83 Å². The quantitative estimate of drug-likeness (QED) is 0.149. The molecule has 0 unspecified atom stereocenters. The molecule has 0 saturated carbocycles. The van der Waals surface area contributed by atoms with E-state index in [1.165, 1.54) is 109 Å². The van der Waals surface area contributed by atoms with E-state index in [2.05, 4.69) is 279 Å². The molecule has 0 fully saturated rings. The van der Waals surface area contributed by atoms with Gasteiger partial charge in [0.2, 0.25) is 0 Å². The monoisotopic (exact) mass is 1040 g/mol. The Hall–Kier alpha value is -10.8. The molecule has 2 nitrogen and oxygen atoms in total. The number of para-hydroxylation sites is 2. The van der Waals surface area contributed by atoms with Crippen LogP contribution >= 0.6 is 0 Å². The summed E-state index contributed by atoms with van der Waals surface area (Å²) >= 11 is 0. The van der Waals surface area contributed by atoms with Crippen LogP contribution in [0, 0.1) is 0 Å². The summed E-state index contributed by atoms with van der Waals surface area (Å²) < 4.78 is 13.2. The van der Waals surface area contributed by atoms with Crippen molar-refractivity contribution in [3.63, 3.8) is 0 Å². The Bertz CT molecular complexity index is 5440. The maximum absolute atomic E-state index is 6.58. The molecule has 0 saturated heterocycles. The molecule has 0 amide bonds. The molecule has 0 N–H and O–H groups in total. The van der Waals surface area contributed by atoms with Crippen LogP contribution in [0.15, 0.2) is 300 Å². The van der Waals surface area contributed by atoms with Gasteiger partial charge in [-0.25, -0.2) is 0 Å². The highest BCUT2D eigenvalue weighted by Gasteiger charge is 2.23. The summed E-state index contributed by atoms with van der Waals surface area (Å²) in [6.07, 6.45) is 0. The summed E-state index contributed by atoms with van der Waals surface area (Å²) in [6, 6.07) is 107. The maximum atomic E-state index is 6.58. The van der Waals surface area contributed by atoms with Gasteiger partial charge in [-0.15, -0.1) is 0 Å². The number of hydrogen-bond acceptors (Lipinski definition) is 2. The fraction of sp³-hybridized carbons (Fsp3) is 0. The molecular weight excluding hydrogens is 993 g/mol. The Morgan fingerprint density at radius 2 is 0.500 bits per heavy atom. The molecule has 2 heterocycles. The van der Waals surface area contributed by atoms with Crippen molar-refractivity contribution in [3.05, 3.63) is 291 Å². The number of benzene rings is 15. The molecule has 0 atom stereocenters. The van der Waals surface area contributed by atoms with Gasteiger partial charge in [0, 0.05) is 21.5 Å². The average molecular weight is 1040 g/mol. The molecule has 15 aromatic carbocycles. The van der Waals surface area contributed by atoms with Crippen LogP contribution in [0.25, 0.3) is 176 Å². The standard InChI is InChI=1S/C80H48O2/c1-2-16-49(17-3-1)53-20-14-21-56(44-53)80-68-28-9-8-27-67(68)79(58-39-41-64-62-24-11-13-31-74(62)82-76(64)48-58)70-43-37-55(46-72(70)80)54-36-42-69-71(45-54)77(52-34-32-51(33-35-52)60-29-15-19-50-18-4-5-22-59(50)60)65-25-6-7-26-66(65)78(69)57-38-40-63-61-23-10-12-30-73(61)81-75(63)47-57/h1-48H. The van der Waals surface area contributed by atoms with Crippen molar-refractivity contribution >= 4 is 97.7 Å². The third-order valence-electron chi connectivity index (χ3n) is 17.2. The first-order valence-corrected chi connectivity index (χ1v) is 28.2. The Balaban J connectivity index is 0.920. The zero-order valence-electron chi connectivity index (χ0n) is 44.5. The van der Waals surface area contributed by atoms with Crippen LogP contribution in [0.5, 0.6) is 0 Å². The van der Waals surface area contributed by atoms with Gasteiger partial charge < -0.3 is 8.83 Å². The van der Waals surface area contributed by atoms with Crippen molar-refractivity contribution in [2.24, 2.45) is 0 Å². The molecule has 380 valence electrons. The highest BCUT2D eigenvalue weighted by Crippen LogP contribution is 2.49. The second-order valence-electron chi connectivity index (χ2n) is 21.8. The Morgan fingerprint density at radius 1 is 0.159 bits per heavy atom. The van der Waals surface area contributed by atoms with Crippen LogP contribution in [0.3, 0.4) is 0 Å². The fourth-order valence-corrected chi connectivity index (χ4v) is 13.5. The van der Waals surface area contributed by atoms with Gasteiger partial charge in [-0.05, 0) is 186 Å². The minimum Gasteiger partial charge on any atom is -0.456 e. The molecule has 0 spiro atoms. The normalized spacial score (nSPS) is 11.9. The van der Waals surface area contributed by atoms with E-state index < -0.39 is 0 Å². The zero-order chi connectivity index (χ0) is 53.8. The summed E-state index contributed by atoms with van der Waals surface area (Å²) in [7, 11) is 0. The maximum Gasteiger partial charge on any atom is 0.136 e. The predicted octanol–water partition coefficient (Wildman–Crippen LogP) is 22.9. The largest absolute Gasteiger partial charge is 0.456 e. The highest BCUT2D eigenvalue weighted by atomic mass is 16.3. The Labute approximate surface area is 473 Å². The Morgan fingerprint density at radius 3 is 1.07 bits per heavy atom. The molecule has 2 aromatic heterocycles. The lowest BCUT2D eigenvalue weighted by Crippen LogP contribution is -1.93. The van der Waals surface area contributed by atoms with Crippen LogP contribution in [-0.2, 0) is 0 Å². The molecular formula is C80H48O2. The SMILES string of the molecule is c1ccc(-c2cccc(-c3c4ccccc4c(-c4ccc5c(c4)oc4ccccc45)c4ccc(-c5ccc6c(-c7ccc8c(c7)oc7ccccc78)c7ccccc7c(-c7ccc(-c8cccc9ccccc89)cc7)c6c5)cc34)c2)cc1. The van der Waals surface area contributed by atoms with Crippen molar-refractivity contribution in [1.82, 2.24) is 0 Å². The Kier molecular flexibility index (Phi) is 10.3. The lowest BCUT2D eigenvalue weighted by Gasteiger charge is -2.20. The van der Waals surface area contributed by atoms with E-state index in [1.54, 1.807) is 0 Å². The van der Waals surface area contributed by atoms with Gasteiger partial charge in [0.1, 0.15) is 22.3 Å². The van der Waals surface area contributed by atoms with E-state index >= 15 is 0 Å². The highest BCUT2D eigenvalue weighted by molar-refractivity contribution is 6.25.